The number of para-hydroxylation sites is 1. The zero-order chi connectivity index (χ0) is 21.2. The summed E-state index contributed by atoms with van der Waals surface area (Å²) in [6.45, 7) is 3.74. The molecule has 7 nitrogen and oxygen atoms in total. The van der Waals surface area contributed by atoms with E-state index in [4.69, 9.17) is 0 Å². The van der Waals surface area contributed by atoms with Crippen LogP contribution in [0.15, 0.2) is 48.8 Å². The number of nitrogens with one attached hydrogen (secondary N) is 2. The van der Waals surface area contributed by atoms with Crippen LogP contribution in [0.1, 0.15) is 16.7 Å². The van der Waals surface area contributed by atoms with Crippen LogP contribution < -0.4 is 10.6 Å². The molecule has 3 aromatic rings. The van der Waals surface area contributed by atoms with Crippen molar-refractivity contribution in [3.63, 3.8) is 0 Å². The Morgan fingerprint density at radius 1 is 0.966 bits per heavy atom. The summed E-state index contributed by atoms with van der Waals surface area (Å²) in [4.78, 5) is 18.6. The van der Waals surface area contributed by atoms with Crippen molar-refractivity contribution in [1.82, 2.24) is 9.97 Å². The molecule has 29 heavy (non-hydrogen) atoms. The first-order valence-corrected chi connectivity index (χ1v) is 8.43. The zero-order valence-electron chi connectivity index (χ0n) is 15.4. The summed E-state index contributed by atoms with van der Waals surface area (Å²) < 4.78 is 39.7. The van der Waals surface area contributed by atoms with Crippen molar-refractivity contribution < 1.29 is 18.1 Å². The van der Waals surface area contributed by atoms with Crippen molar-refractivity contribution in [2.45, 2.75) is 20.0 Å². The second-order valence-corrected chi connectivity index (χ2v) is 6.35. The molecule has 10 heteroatoms. The summed E-state index contributed by atoms with van der Waals surface area (Å²) in [5, 5.41) is 16.9. The molecule has 0 saturated heterocycles. The van der Waals surface area contributed by atoms with Gasteiger partial charge in [0.2, 0.25) is 11.6 Å². The number of hydrogen-bond acceptors (Lipinski definition) is 6. The number of halogens is 3. The van der Waals surface area contributed by atoms with Crippen molar-refractivity contribution in [3.05, 3.63) is 75.6 Å². The molecule has 2 aromatic carbocycles. The first kappa shape index (κ1) is 20.1. The fraction of sp³-hybridized carbons (Fsp3) is 0.158. The molecule has 0 saturated carbocycles. The average Bonchev–Trinajstić information content (AvgIpc) is 2.60. The number of aromatic nitrogens is 2. The molecule has 3 rings (SSSR count). The van der Waals surface area contributed by atoms with Gasteiger partial charge >= 0.3 is 11.9 Å². The molecule has 2 N–H and O–H groups in total. The van der Waals surface area contributed by atoms with Gasteiger partial charge in [0.1, 0.15) is 6.33 Å². The van der Waals surface area contributed by atoms with Crippen molar-refractivity contribution in [3.8, 4) is 0 Å². The van der Waals surface area contributed by atoms with E-state index in [0.29, 0.717) is 5.69 Å². The second kappa shape index (κ2) is 7.74. The van der Waals surface area contributed by atoms with Gasteiger partial charge in [-0.25, -0.2) is 9.97 Å². The van der Waals surface area contributed by atoms with E-state index >= 15 is 0 Å². The monoisotopic (exact) mass is 403 g/mol. The normalized spacial score (nSPS) is 11.2. The fourth-order valence-electron chi connectivity index (χ4n) is 2.89. The van der Waals surface area contributed by atoms with Crippen LogP contribution in [0.2, 0.25) is 0 Å². The van der Waals surface area contributed by atoms with E-state index in [1.54, 1.807) is 12.1 Å². The van der Waals surface area contributed by atoms with E-state index in [-0.39, 0.29) is 17.3 Å². The predicted octanol–water partition coefficient (Wildman–Crippen LogP) is 5.51. The molecule has 0 radical (unpaired) electrons. The van der Waals surface area contributed by atoms with Gasteiger partial charge in [0.15, 0.2) is 0 Å². The second-order valence-electron chi connectivity index (χ2n) is 6.35. The third kappa shape index (κ3) is 4.60. The van der Waals surface area contributed by atoms with E-state index in [2.05, 4.69) is 20.6 Å². The third-order valence-electron chi connectivity index (χ3n) is 3.97. The number of alkyl halides is 3. The summed E-state index contributed by atoms with van der Waals surface area (Å²) in [7, 11) is 0. The molecule has 0 fully saturated rings. The quantitative estimate of drug-likeness (QED) is 0.431. The number of anilines is 4. The van der Waals surface area contributed by atoms with Gasteiger partial charge in [0, 0.05) is 5.69 Å². The third-order valence-corrected chi connectivity index (χ3v) is 3.97. The van der Waals surface area contributed by atoms with Crippen LogP contribution in [-0.4, -0.2) is 14.9 Å². The molecule has 0 bridgehead atoms. The lowest BCUT2D eigenvalue weighted by molar-refractivity contribution is -0.383. The highest BCUT2D eigenvalue weighted by molar-refractivity contribution is 5.77. The van der Waals surface area contributed by atoms with Crippen LogP contribution in [0.4, 0.5) is 41.9 Å². The summed E-state index contributed by atoms with van der Waals surface area (Å²) in [5.74, 6) is -0.490. The molecular formula is C19H16F3N5O2. The maximum atomic E-state index is 13.2. The lowest BCUT2D eigenvalue weighted by atomic mass is 10.1. The van der Waals surface area contributed by atoms with Crippen molar-refractivity contribution in [1.29, 1.82) is 0 Å². The molecule has 0 atom stereocenters. The Morgan fingerprint density at radius 2 is 1.55 bits per heavy atom. The first-order valence-electron chi connectivity index (χ1n) is 8.43. The number of hydrogen-bond donors (Lipinski definition) is 2. The first-order chi connectivity index (χ1) is 13.6. The highest BCUT2D eigenvalue weighted by atomic mass is 19.4. The Labute approximate surface area is 163 Å². The number of aryl methyl sites for hydroxylation is 2. The largest absolute Gasteiger partial charge is 0.418 e. The van der Waals surface area contributed by atoms with Crippen LogP contribution in [0.3, 0.4) is 0 Å². The minimum absolute atomic E-state index is 0.137. The maximum Gasteiger partial charge on any atom is 0.418 e. The van der Waals surface area contributed by atoms with Gasteiger partial charge in [0.05, 0.1) is 16.2 Å². The van der Waals surface area contributed by atoms with Crippen LogP contribution in [0.25, 0.3) is 0 Å². The lowest BCUT2D eigenvalue weighted by Crippen LogP contribution is -2.10. The van der Waals surface area contributed by atoms with Gasteiger partial charge in [-0.2, -0.15) is 13.2 Å². The molecule has 0 spiro atoms. The molecule has 150 valence electrons. The SMILES string of the molecule is Cc1cc(C)cc(Nc2ncnc(Nc3ccccc3C(F)(F)F)c2[N+](=O)[O-])c1. The Hall–Kier alpha value is -3.69. The molecule has 0 aliphatic rings. The summed E-state index contributed by atoms with van der Waals surface area (Å²) in [6.07, 6.45) is -3.60. The Balaban J connectivity index is 2.04. The summed E-state index contributed by atoms with van der Waals surface area (Å²) in [6, 6.07) is 10.1. The molecule has 1 heterocycles. The molecule has 1 aromatic heterocycles. The maximum absolute atomic E-state index is 13.2. The van der Waals surface area contributed by atoms with Gasteiger partial charge < -0.3 is 10.6 Å². The van der Waals surface area contributed by atoms with Gasteiger partial charge in [-0.15, -0.1) is 0 Å². The minimum atomic E-state index is -4.63. The number of nitrogens with zero attached hydrogens (tertiary/aromatic N) is 3. The number of rotatable bonds is 5. The smallest absolute Gasteiger partial charge is 0.334 e. The highest BCUT2D eigenvalue weighted by Gasteiger charge is 2.34. The minimum Gasteiger partial charge on any atom is -0.334 e. The molecule has 0 unspecified atom stereocenters. The van der Waals surface area contributed by atoms with E-state index in [1.165, 1.54) is 18.2 Å². The van der Waals surface area contributed by atoms with Gasteiger partial charge in [-0.1, -0.05) is 18.2 Å². The Kier molecular flexibility index (Phi) is 5.35. The van der Waals surface area contributed by atoms with Crippen LogP contribution in [0.5, 0.6) is 0 Å². The van der Waals surface area contributed by atoms with Crippen LogP contribution in [-0.2, 0) is 6.18 Å². The molecule has 0 aliphatic carbocycles. The van der Waals surface area contributed by atoms with Gasteiger partial charge in [0.25, 0.3) is 0 Å². The molecular weight excluding hydrogens is 387 g/mol. The summed E-state index contributed by atoms with van der Waals surface area (Å²) >= 11 is 0. The predicted molar refractivity (Wildman–Crippen MR) is 103 cm³/mol. The number of nitro groups is 1. The molecule has 0 aliphatic heterocycles. The summed E-state index contributed by atoms with van der Waals surface area (Å²) in [5.41, 5.74) is 0.550. The standard InChI is InChI=1S/C19H16F3N5O2/c1-11-7-12(2)9-13(8-11)25-17-16(27(28)29)18(24-10-23-17)26-15-6-4-3-5-14(15)19(20,21)22/h3-10H,1-2H3,(H2,23,24,25,26). The van der Waals surface area contributed by atoms with Crippen LogP contribution >= 0.6 is 0 Å². The van der Waals surface area contributed by atoms with E-state index in [0.717, 1.165) is 23.5 Å². The van der Waals surface area contributed by atoms with E-state index in [1.807, 2.05) is 19.9 Å². The van der Waals surface area contributed by atoms with Crippen molar-refractivity contribution >= 4 is 28.7 Å². The lowest BCUT2D eigenvalue weighted by Gasteiger charge is -2.15. The van der Waals surface area contributed by atoms with Crippen molar-refractivity contribution in [2.24, 2.45) is 0 Å². The fourth-order valence-corrected chi connectivity index (χ4v) is 2.89. The Bertz CT molecular complexity index is 1050. The Morgan fingerprint density at radius 3 is 2.14 bits per heavy atom. The number of benzene rings is 2. The van der Waals surface area contributed by atoms with Crippen LogP contribution in [0, 0.1) is 24.0 Å². The topological polar surface area (TPSA) is 93.0 Å². The van der Waals surface area contributed by atoms with E-state index < -0.39 is 22.4 Å². The zero-order valence-corrected chi connectivity index (χ0v) is 15.4. The average molecular weight is 403 g/mol. The van der Waals surface area contributed by atoms with Crippen molar-refractivity contribution in [2.75, 3.05) is 10.6 Å². The van der Waals surface area contributed by atoms with Gasteiger partial charge in [-0.3, -0.25) is 10.1 Å². The highest BCUT2D eigenvalue weighted by Crippen LogP contribution is 2.38. The van der Waals surface area contributed by atoms with Gasteiger partial charge in [-0.05, 0) is 49.2 Å². The molecule has 0 amide bonds. The van der Waals surface area contributed by atoms with E-state index in [9.17, 15) is 23.3 Å².